The molecule has 2 amide bonds. The van der Waals surface area contributed by atoms with Crippen molar-refractivity contribution in [3.05, 3.63) is 89.7 Å². The molecule has 170 valence electrons. The molecule has 1 fully saturated rings. The molecule has 33 heavy (non-hydrogen) atoms. The summed E-state index contributed by atoms with van der Waals surface area (Å²) in [5.74, 6) is 0.0902. The molecular weight excluding hydrogens is 419 g/mol. The Morgan fingerprint density at radius 2 is 1.73 bits per heavy atom. The van der Waals surface area contributed by atoms with Gasteiger partial charge < -0.3 is 15.0 Å². The van der Waals surface area contributed by atoms with Crippen LogP contribution in [0.4, 0.5) is 4.39 Å². The highest BCUT2D eigenvalue weighted by atomic mass is 19.1. The Hall–Kier alpha value is -3.67. The fraction of sp³-hybridized carbons (Fsp3) is 0.259. The van der Waals surface area contributed by atoms with E-state index in [2.05, 4.69) is 5.32 Å². The SMILES string of the molecule is COc1ccc(CC(=O)N2CCNC(=O)C(Cc3ccc(-c4ccccc4F)cc3)C2)cc1. The Bertz CT molecular complexity index is 1110. The lowest BCUT2D eigenvalue weighted by atomic mass is 9.95. The Balaban J connectivity index is 1.42. The van der Waals surface area contributed by atoms with E-state index < -0.39 is 0 Å². The molecule has 1 heterocycles. The molecule has 0 aliphatic carbocycles. The van der Waals surface area contributed by atoms with Crippen LogP contribution in [0.3, 0.4) is 0 Å². The van der Waals surface area contributed by atoms with Crippen molar-refractivity contribution in [3.63, 3.8) is 0 Å². The number of ether oxygens (including phenoxy) is 1. The zero-order valence-corrected chi connectivity index (χ0v) is 18.6. The first-order valence-electron chi connectivity index (χ1n) is 11.1. The molecule has 1 saturated heterocycles. The van der Waals surface area contributed by atoms with Gasteiger partial charge in [0.05, 0.1) is 19.4 Å². The Morgan fingerprint density at radius 3 is 2.42 bits per heavy atom. The van der Waals surface area contributed by atoms with Gasteiger partial charge in [0.15, 0.2) is 0 Å². The van der Waals surface area contributed by atoms with E-state index in [4.69, 9.17) is 4.74 Å². The summed E-state index contributed by atoms with van der Waals surface area (Å²) in [6.45, 7) is 1.30. The van der Waals surface area contributed by atoms with Gasteiger partial charge >= 0.3 is 0 Å². The Labute approximate surface area is 193 Å². The molecule has 1 aliphatic heterocycles. The first kappa shape index (κ1) is 22.5. The van der Waals surface area contributed by atoms with Crippen LogP contribution < -0.4 is 10.1 Å². The lowest BCUT2D eigenvalue weighted by molar-refractivity contribution is -0.131. The van der Waals surface area contributed by atoms with Crippen molar-refractivity contribution < 1.29 is 18.7 Å². The zero-order valence-electron chi connectivity index (χ0n) is 18.6. The van der Waals surface area contributed by atoms with E-state index in [1.165, 1.54) is 6.07 Å². The van der Waals surface area contributed by atoms with Crippen molar-refractivity contribution >= 4 is 11.8 Å². The Kier molecular flexibility index (Phi) is 7.03. The van der Waals surface area contributed by atoms with Gasteiger partial charge in [-0.1, -0.05) is 54.6 Å². The third-order valence-electron chi connectivity index (χ3n) is 5.98. The van der Waals surface area contributed by atoms with Crippen LogP contribution in [-0.4, -0.2) is 43.5 Å². The van der Waals surface area contributed by atoms with Crippen molar-refractivity contribution in [1.29, 1.82) is 0 Å². The van der Waals surface area contributed by atoms with Crippen LogP contribution in [0.25, 0.3) is 11.1 Å². The topological polar surface area (TPSA) is 58.6 Å². The van der Waals surface area contributed by atoms with Gasteiger partial charge in [-0.15, -0.1) is 0 Å². The molecule has 3 aromatic carbocycles. The molecule has 4 rings (SSSR count). The molecule has 0 aromatic heterocycles. The zero-order chi connectivity index (χ0) is 23.2. The van der Waals surface area contributed by atoms with Crippen molar-refractivity contribution in [2.75, 3.05) is 26.7 Å². The maximum Gasteiger partial charge on any atom is 0.227 e. The van der Waals surface area contributed by atoms with Gasteiger partial charge in [-0.2, -0.15) is 0 Å². The van der Waals surface area contributed by atoms with Crippen molar-refractivity contribution in [2.24, 2.45) is 5.92 Å². The summed E-state index contributed by atoms with van der Waals surface area (Å²) >= 11 is 0. The molecule has 1 atom stereocenters. The minimum atomic E-state index is -0.341. The van der Waals surface area contributed by atoms with E-state index in [0.717, 1.165) is 22.4 Å². The predicted molar refractivity (Wildman–Crippen MR) is 125 cm³/mol. The van der Waals surface area contributed by atoms with Gasteiger partial charge in [-0.25, -0.2) is 4.39 Å². The highest BCUT2D eigenvalue weighted by Crippen LogP contribution is 2.24. The minimum Gasteiger partial charge on any atom is -0.497 e. The first-order chi connectivity index (χ1) is 16.0. The molecule has 0 spiro atoms. The lowest BCUT2D eigenvalue weighted by Crippen LogP contribution is -2.38. The Morgan fingerprint density at radius 1 is 1.03 bits per heavy atom. The van der Waals surface area contributed by atoms with Crippen LogP contribution in [0.2, 0.25) is 0 Å². The molecule has 0 radical (unpaired) electrons. The molecule has 3 aromatic rings. The van der Waals surface area contributed by atoms with Gasteiger partial charge in [0.1, 0.15) is 11.6 Å². The highest BCUT2D eigenvalue weighted by molar-refractivity contribution is 5.83. The fourth-order valence-corrected chi connectivity index (χ4v) is 4.11. The molecule has 5 nitrogen and oxygen atoms in total. The van der Waals surface area contributed by atoms with Crippen molar-refractivity contribution in [3.8, 4) is 16.9 Å². The number of nitrogens with one attached hydrogen (secondary N) is 1. The number of carbonyl (C=O) groups is 2. The average molecular weight is 447 g/mol. The minimum absolute atomic E-state index is 0.00318. The molecule has 1 aliphatic rings. The van der Waals surface area contributed by atoms with Gasteiger partial charge in [-0.3, -0.25) is 9.59 Å². The largest absolute Gasteiger partial charge is 0.497 e. The maximum absolute atomic E-state index is 14.1. The number of nitrogens with zero attached hydrogens (tertiary/aromatic N) is 1. The van der Waals surface area contributed by atoms with E-state index >= 15 is 0 Å². The van der Waals surface area contributed by atoms with Gasteiger partial charge in [0, 0.05) is 25.2 Å². The summed E-state index contributed by atoms with van der Waals surface area (Å²) < 4.78 is 19.2. The number of halogens is 1. The average Bonchev–Trinajstić information content (AvgIpc) is 3.02. The number of hydrogen-bond acceptors (Lipinski definition) is 3. The van der Waals surface area contributed by atoms with Gasteiger partial charge in [0.25, 0.3) is 0 Å². The highest BCUT2D eigenvalue weighted by Gasteiger charge is 2.27. The number of methoxy groups -OCH3 is 1. The van der Waals surface area contributed by atoms with Gasteiger partial charge in [-0.05, 0) is 41.3 Å². The second kappa shape index (κ2) is 10.3. The molecule has 0 bridgehead atoms. The lowest BCUT2D eigenvalue weighted by Gasteiger charge is -2.23. The second-order valence-corrected chi connectivity index (χ2v) is 8.23. The van der Waals surface area contributed by atoms with Crippen molar-refractivity contribution in [2.45, 2.75) is 12.8 Å². The van der Waals surface area contributed by atoms with Crippen LogP contribution >= 0.6 is 0 Å². The van der Waals surface area contributed by atoms with E-state index in [1.807, 2.05) is 48.5 Å². The summed E-state index contributed by atoms with van der Waals surface area (Å²) in [5.41, 5.74) is 3.22. The molecule has 1 N–H and O–H groups in total. The normalized spacial score (nSPS) is 16.1. The number of hydrogen-bond donors (Lipinski definition) is 1. The summed E-state index contributed by atoms with van der Waals surface area (Å²) in [7, 11) is 1.61. The number of amides is 2. The smallest absolute Gasteiger partial charge is 0.227 e. The molecule has 1 unspecified atom stereocenters. The first-order valence-corrected chi connectivity index (χ1v) is 11.1. The summed E-state index contributed by atoms with van der Waals surface area (Å²) in [6, 6.07) is 21.7. The third kappa shape index (κ3) is 5.58. The van der Waals surface area contributed by atoms with Crippen LogP contribution in [0, 0.1) is 11.7 Å². The van der Waals surface area contributed by atoms with Crippen LogP contribution in [-0.2, 0) is 22.4 Å². The van der Waals surface area contributed by atoms with Crippen LogP contribution in [0.1, 0.15) is 11.1 Å². The molecule has 0 saturated carbocycles. The second-order valence-electron chi connectivity index (χ2n) is 8.23. The summed E-state index contributed by atoms with van der Waals surface area (Å²) in [6.07, 6.45) is 0.790. The van der Waals surface area contributed by atoms with E-state index in [0.29, 0.717) is 31.6 Å². The predicted octanol–water partition coefficient (Wildman–Crippen LogP) is 3.86. The van der Waals surface area contributed by atoms with E-state index in [1.54, 1.807) is 30.2 Å². The fourth-order valence-electron chi connectivity index (χ4n) is 4.11. The van der Waals surface area contributed by atoms with Crippen molar-refractivity contribution in [1.82, 2.24) is 10.2 Å². The van der Waals surface area contributed by atoms with Gasteiger partial charge in [0.2, 0.25) is 11.8 Å². The monoisotopic (exact) mass is 446 g/mol. The molecular formula is C27H27FN2O3. The quantitative estimate of drug-likeness (QED) is 0.626. The molecule has 6 heteroatoms. The third-order valence-corrected chi connectivity index (χ3v) is 5.98. The number of carbonyl (C=O) groups excluding carboxylic acids is 2. The summed E-state index contributed by atoms with van der Waals surface area (Å²) in [5, 5.41) is 2.92. The number of benzene rings is 3. The van der Waals surface area contributed by atoms with E-state index in [-0.39, 0.29) is 30.0 Å². The summed E-state index contributed by atoms with van der Waals surface area (Å²) in [4.78, 5) is 27.3. The van der Waals surface area contributed by atoms with Crippen LogP contribution in [0.15, 0.2) is 72.8 Å². The van der Waals surface area contributed by atoms with Crippen LogP contribution in [0.5, 0.6) is 5.75 Å². The maximum atomic E-state index is 14.1. The number of rotatable bonds is 6. The van der Waals surface area contributed by atoms with E-state index in [9.17, 15) is 14.0 Å². The standard InChI is InChI=1S/C27H27FN2O3/c1-33-23-12-8-20(9-13-23)17-26(31)30-15-14-29-27(32)22(18-30)16-19-6-10-21(11-7-19)24-4-2-3-5-25(24)28/h2-13,22H,14-18H2,1H3,(H,29,32).